The van der Waals surface area contributed by atoms with Gasteiger partial charge in [-0.25, -0.2) is 4.79 Å². The minimum Gasteiger partial charge on any atom is -0.497 e. The van der Waals surface area contributed by atoms with Gasteiger partial charge in [0.2, 0.25) is 0 Å². The molecule has 3 rings (SSSR count). The van der Waals surface area contributed by atoms with Crippen LogP contribution in [0.2, 0.25) is 5.02 Å². The van der Waals surface area contributed by atoms with Gasteiger partial charge in [-0.3, -0.25) is 4.90 Å². The van der Waals surface area contributed by atoms with E-state index >= 15 is 0 Å². The van der Waals surface area contributed by atoms with Gasteiger partial charge in [-0.15, -0.1) is 0 Å². The second kappa shape index (κ2) is 9.78. The average Bonchev–Trinajstić information content (AvgIpc) is 2.71. The Morgan fingerprint density at radius 2 is 1.71 bits per heavy atom. The van der Waals surface area contributed by atoms with Crippen molar-refractivity contribution in [1.29, 1.82) is 0 Å². The molecule has 1 aliphatic rings. The molecule has 0 aliphatic carbocycles. The summed E-state index contributed by atoms with van der Waals surface area (Å²) >= 11 is 5.89. The topological polar surface area (TPSA) is 56.8 Å². The van der Waals surface area contributed by atoms with Crippen molar-refractivity contribution in [2.45, 2.75) is 6.04 Å². The van der Waals surface area contributed by atoms with Crippen LogP contribution in [0.15, 0.2) is 48.5 Å². The molecule has 150 valence electrons. The molecular formula is C21H27ClN4O2. The second-order valence-electron chi connectivity index (χ2n) is 6.97. The molecule has 1 atom stereocenters. The van der Waals surface area contributed by atoms with Crippen LogP contribution in [0.3, 0.4) is 0 Å². The number of likely N-dealkylation sites (N-methyl/N-ethyl adjacent to an activating group) is 1. The predicted molar refractivity (Wildman–Crippen MR) is 113 cm³/mol. The zero-order chi connectivity index (χ0) is 19.9. The van der Waals surface area contributed by atoms with Crippen molar-refractivity contribution in [3.63, 3.8) is 0 Å². The lowest BCUT2D eigenvalue weighted by atomic mass is 10.0. The van der Waals surface area contributed by atoms with E-state index in [2.05, 4.69) is 39.6 Å². The van der Waals surface area contributed by atoms with Crippen LogP contribution in [0, 0.1) is 0 Å². The minimum absolute atomic E-state index is 0.107. The van der Waals surface area contributed by atoms with Crippen LogP contribution < -0.4 is 15.4 Å². The number of amides is 2. The summed E-state index contributed by atoms with van der Waals surface area (Å²) in [6.45, 7) is 4.49. The van der Waals surface area contributed by atoms with Gasteiger partial charge in [0.25, 0.3) is 0 Å². The van der Waals surface area contributed by atoms with E-state index in [1.165, 1.54) is 0 Å². The van der Waals surface area contributed by atoms with Crippen LogP contribution in [0.25, 0.3) is 0 Å². The Morgan fingerprint density at radius 1 is 1.07 bits per heavy atom. The molecule has 6 nitrogen and oxygen atoms in total. The van der Waals surface area contributed by atoms with Gasteiger partial charge in [-0.2, -0.15) is 0 Å². The van der Waals surface area contributed by atoms with Crippen molar-refractivity contribution in [1.82, 2.24) is 15.1 Å². The molecule has 0 aromatic heterocycles. The van der Waals surface area contributed by atoms with Gasteiger partial charge in [0, 0.05) is 43.4 Å². The number of nitrogens with one attached hydrogen (secondary N) is 2. The van der Waals surface area contributed by atoms with Crippen molar-refractivity contribution in [2.75, 3.05) is 52.2 Å². The molecule has 1 aliphatic heterocycles. The average molecular weight is 403 g/mol. The molecule has 0 saturated carbocycles. The Kier molecular flexibility index (Phi) is 7.14. The Morgan fingerprint density at radius 3 is 2.32 bits per heavy atom. The number of anilines is 1. The molecule has 0 radical (unpaired) electrons. The highest BCUT2D eigenvalue weighted by molar-refractivity contribution is 6.30. The number of benzene rings is 2. The lowest BCUT2D eigenvalue weighted by molar-refractivity contribution is 0.111. The second-order valence-corrected chi connectivity index (χ2v) is 7.41. The summed E-state index contributed by atoms with van der Waals surface area (Å²) in [7, 11) is 3.80. The Hall–Kier alpha value is -2.28. The van der Waals surface area contributed by atoms with Crippen molar-refractivity contribution in [3.05, 3.63) is 59.1 Å². The monoisotopic (exact) mass is 402 g/mol. The number of rotatable bonds is 6. The van der Waals surface area contributed by atoms with Gasteiger partial charge >= 0.3 is 6.03 Å². The van der Waals surface area contributed by atoms with Gasteiger partial charge in [0.1, 0.15) is 5.75 Å². The van der Waals surface area contributed by atoms with E-state index in [1.807, 2.05) is 12.1 Å². The molecule has 7 heteroatoms. The summed E-state index contributed by atoms with van der Waals surface area (Å²) in [5.41, 5.74) is 1.87. The summed E-state index contributed by atoms with van der Waals surface area (Å²) in [5.74, 6) is 0.828. The third-order valence-corrected chi connectivity index (χ3v) is 5.29. The smallest absolute Gasteiger partial charge is 0.319 e. The molecule has 0 spiro atoms. The van der Waals surface area contributed by atoms with Crippen LogP contribution in [0.5, 0.6) is 5.75 Å². The fourth-order valence-corrected chi connectivity index (χ4v) is 3.44. The van der Waals surface area contributed by atoms with E-state index in [9.17, 15) is 4.79 Å². The Bertz CT molecular complexity index is 759. The minimum atomic E-state index is -0.227. The molecule has 2 amide bonds. The number of urea groups is 1. The summed E-state index contributed by atoms with van der Waals surface area (Å²) in [4.78, 5) is 17.1. The first-order valence-corrected chi connectivity index (χ1v) is 9.80. The third-order valence-electron chi connectivity index (χ3n) is 5.04. The van der Waals surface area contributed by atoms with Gasteiger partial charge in [0.05, 0.1) is 13.2 Å². The first kappa shape index (κ1) is 20.5. The van der Waals surface area contributed by atoms with Crippen molar-refractivity contribution < 1.29 is 9.53 Å². The Labute approximate surface area is 171 Å². The molecule has 0 bridgehead atoms. The standard InChI is InChI=1S/C21H27ClN4O2/c1-25-11-13-26(14-12-25)20(16-3-9-19(28-2)10-4-16)15-23-21(27)24-18-7-5-17(22)6-8-18/h3-10,20H,11-15H2,1-2H3,(H2,23,24,27)/t20-/m0/s1. The summed E-state index contributed by atoms with van der Waals surface area (Å²) in [6.07, 6.45) is 0. The summed E-state index contributed by atoms with van der Waals surface area (Å²) in [6, 6.07) is 15.0. The van der Waals surface area contributed by atoms with Crippen LogP contribution in [-0.2, 0) is 0 Å². The normalized spacial score (nSPS) is 16.4. The van der Waals surface area contributed by atoms with Crippen molar-refractivity contribution in [3.8, 4) is 5.75 Å². The highest BCUT2D eigenvalue weighted by Crippen LogP contribution is 2.24. The first-order chi connectivity index (χ1) is 13.5. The number of methoxy groups -OCH3 is 1. The van der Waals surface area contributed by atoms with E-state index in [0.717, 1.165) is 37.5 Å². The number of hydrogen-bond donors (Lipinski definition) is 2. The van der Waals surface area contributed by atoms with E-state index in [4.69, 9.17) is 16.3 Å². The lowest BCUT2D eigenvalue weighted by Gasteiger charge is -2.38. The third kappa shape index (κ3) is 5.61. The molecule has 28 heavy (non-hydrogen) atoms. The predicted octanol–water partition coefficient (Wildman–Crippen LogP) is 3.46. The van der Waals surface area contributed by atoms with Gasteiger partial charge in [0.15, 0.2) is 0 Å². The molecule has 1 heterocycles. The fraction of sp³-hybridized carbons (Fsp3) is 0.381. The summed E-state index contributed by atoms with van der Waals surface area (Å²) in [5, 5.41) is 6.50. The van der Waals surface area contributed by atoms with Crippen molar-refractivity contribution in [2.24, 2.45) is 0 Å². The van der Waals surface area contributed by atoms with Crippen LogP contribution >= 0.6 is 11.6 Å². The number of hydrogen-bond acceptors (Lipinski definition) is 4. The van der Waals surface area contributed by atoms with E-state index in [-0.39, 0.29) is 12.1 Å². The maximum Gasteiger partial charge on any atom is 0.319 e. The zero-order valence-electron chi connectivity index (χ0n) is 16.3. The van der Waals surface area contributed by atoms with Crippen LogP contribution in [0.1, 0.15) is 11.6 Å². The number of ether oxygens (including phenoxy) is 1. The quantitative estimate of drug-likeness (QED) is 0.776. The van der Waals surface area contributed by atoms with Gasteiger partial charge in [-0.05, 0) is 49.0 Å². The number of carbonyl (C=O) groups is 1. The number of carbonyl (C=O) groups excluding carboxylic acids is 1. The largest absolute Gasteiger partial charge is 0.497 e. The van der Waals surface area contributed by atoms with Crippen LogP contribution in [-0.4, -0.2) is 62.7 Å². The number of nitrogens with zero attached hydrogens (tertiary/aromatic N) is 2. The maximum absolute atomic E-state index is 12.4. The van der Waals surface area contributed by atoms with Gasteiger partial charge in [-0.1, -0.05) is 23.7 Å². The van der Waals surface area contributed by atoms with Crippen molar-refractivity contribution >= 4 is 23.3 Å². The molecular weight excluding hydrogens is 376 g/mol. The molecule has 1 saturated heterocycles. The zero-order valence-corrected chi connectivity index (χ0v) is 17.1. The highest BCUT2D eigenvalue weighted by Gasteiger charge is 2.24. The molecule has 2 aromatic carbocycles. The number of halogens is 1. The fourth-order valence-electron chi connectivity index (χ4n) is 3.32. The molecule has 0 unspecified atom stereocenters. The first-order valence-electron chi connectivity index (χ1n) is 9.42. The highest BCUT2D eigenvalue weighted by atomic mass is 35.5. The molecule has 1 fully saturated rings. The van der Waals surface area contributed by atoms with E-state index in [0.29, 0.717) is 17.3 Å². The number of piperazine rings is 1. The van der Waals surface area contributed by atoms with Gasteiger partial charge < -0.3 is 20.3 Å². The molecule has 2 aromatic rings. The van der Waals surface area contributed by atoms with E-state index < -0.39 is 0 Å². The van der Waals surface area contributed by atoms with Crippen LogP contribution in [0.4, 0.5) is 10.5 Å². The van der Waals surface area contributed by atoms with E-state index in [1.54, 1.807) is 31.4 Å². The Balaban J connectivity index is 1.65. The molecule has 2 N–H and O–H groups in total. The SMILES string of the molecule is COc1ccc([C@H](CNC(=O)Nc2ccc(Cl)cc2)N2CCN(C)CC2)cc1. The summed E-state index contributed by atoms with van der Waals surface area (Å²) < 4.78 is 5.27. The maximum atomic E-state index is 12.4. The lowest BCUT2D eigenvalue weighted by Crippen LogP contribution is -2.48.